The molecule has 0 saturated carbocycles. The van der Waals surface area contributed by atoms with Gasteiger partial charge in [-0.25, -0.2) is 0 Å². The number of alkyl halides is 6. The molecule has 5 unspecified atom stereocenters. The van der Waals surface area contributed by atoms with Gasteiger partial charge in [-0.3, -0.25) is 9.69 Å². The number of rotatable bonds is 7. The Labute approximate surface area is 234 Å². The maximum absolute atomic E-state index is 13.6. The van der Waals surface area contributed by atoms with Crippen molar-refractivity contribution in [1.82, 2.24) is 4.90 Å². The van der Waals surface area contributed by atoms with Gasteiger partial charge in [0.2, 0.25) is 5.91 Å². The number of halogens is 6. The number of primary amides is 1. The van der Waals surface area contributed by atoms with Gasteiger partial charge in [-0.2, -0.15) is 26.3 Å². The number of benzene rings is 3. The van der Waals surface area contributed by atoms with Crippen LogP contribution in [0.3, 0.4) is 0 Å². The predicted octanol–water partition coefficient (Wildman–Crippen LogP) is 7.24. The normalized spacial score (nSPS) is 25.7. The Hall–Kier alpha value is -3.37. The van der Waals surface area contributed by atoms with Crippen LogP contribution in [0.1, 0.15) is 60.1 Å². The van der Waals surface area contributed by atoms with Crippen LogP contribution in [0.2, 0.25) is 0 Å². The minimum absolute atomic E-state index is 0.114. The number of fused-ring (bicyclic) bond motifs is 2. The van der Waals surface area contributed by atoms with Crippen LogP contribution in [0.5, 0.6) is 0 Å². The summed E-state index contributed by atoms with van der Waals surface area (Å²) >= 11 is 0. The Balaban J connectivity index is 1.58. The number of hydrogen-bond donors (Lipinski definition) is 1. The van der Waals surface area contributed by atoms with Gasteiger partial charge in [0.25, 0.3) is 0 Å². The third-order valence-electron chi connectivity index (χ3n) is 8.45. The van der Waals surface area contributed by atoms with Gasteiger partial charge in [-0.1, -0.05) is 60.7 Å². The summed E-state index contributed by atoms with van der Waals surface area (Å²) in [6.45, 7) is 1.92. The number of carbonyl (C=O) groups is 1. The van der Waals surface area contributed by atoms with Gasteiger partial charge < -0.3 is 10.5 Å². The second-order valence-electron chi connectivity index (χ2n) is 10.9. The summed E-state index contributed by atoms with van der Waals surface area (Å²) in [6, 6.07) is 20.4. The molecule has 2 bridgehead atoms. The highest BCUT2D eigenvalue weighted by Crippen LogP contribution is 2.55. The van der Waals surface area contributed by atoms with Gasteiger partial charge in [0.15, 0.2) is 0 Å². The molecule has 2 heterocycles. The van der Waals surface area contributed by atoms with Crippen LogP contribution in [0.4, 0.5) is 26.3 Å². The van der Waals surface area contributed by atoms with Crippen molar-refractivity contribution in [1.29, 1.82) is 0 Å². The number of hydrogen-bond acceptors (Lipinski definition) is 3. The van der Waals surface area contributed by atoms with Crippen molar-refractivity contribution in [3.63, 3.8) is 0 Å². The number of ether oxygens (including phenoxy) is 1. The van der Waals surface area contributed by atoms with E-state index >= 15 is 0 Å². The van der Waals surface area contributed by atoms with Gasteiger partial charge in [0.1, 0.15) is 0 Å². The zero-order chi connectivity index (χ0) is 29.6. The molecule has 0 aromatic heterocycles. The Morgan fingerprint density at radius 2 is 1.49 bits per heavy atom. The summed E-state index contributed by atoms with van der Waals surface area (Å²) in [5.74, 6) is -0.958. The highest BCUT2D eigenvalue weighted by atomic mass is 19.4. The van der Waals surface area contributed by atoms with Crippen LogP contribution in [0, 0.1) is 5.92 Å². The fourth-order valence-corrected chi connectivity index (χ4v) is 6.58. The fraction of sp³-hybridized carbons (Fsp3) is 0.387. The Bertz CT molecular complexity index is 1350. The van der Waals surface area contributed by atoms with E-state index in [2.05, 4.69) is 4.90 Å². The number of piperidine rings is 1. The lowest BCUT2D eigenvalue weighted by Crippen LogP contribution is -2.57. The monoisotopic (exact) mass is 576 g/mol. The Morgan fingerprint density at radius 1 is 0.927 bits per heavy atom. The minimum atomic E-state index is -4.97. The van der Waals surface area contributed by atoms with Crippen LogP contribution in [0.25, 0.3) is 0 Å². The lowest BCUT2D eigenvalue weighted by molar-refractivity contribution is -0.144. The van der Waals surface area contributed by atoms with E-state index in [9.17, 15) is 31.1 Å². The second-order valence-corrected chi connectivity index (χ2v) is 10.9. The minimum Gasteiger partial charge on any atom is -0.369 e. The molecule has 0 spiro atoms. The Morgan fingerprint density at radius 3 is 2.02 bits per heavy atom. The molecular formula is C31H30F6N2O2. The van der Waals surface area contributed by atoms with Crippen LogP contribution in [-0.2, 0) is 34.0 Å². The zero-order valence-electron chi connectivity index (χ0n) is 22.3. The summed E-state index contributed by atoms with van der Waals surface area (Å²) in [5.41, 5.74) is 3.83. The van der Waals surface area contributed by atoms with E-state index in [1.807, 2.05) is 60.7 Å². The van der Waals surface area contributed by atoms with Crippen molar-refractivity contribution < 1.29 is 35.9 Å². The highest BCUT2D eigenvalue weighted by Gasteiger charge is 2.61. The maximum Gasteiger partial charge on any atom is 0.416 e. The molecule has 41 heavy (non-hydrogen) atoms. The van der Waals surface area contributed by atoms with Crippen LogP contribution in [0.15, 0.2) is 78.9 Å². The van der Waals surface area contributed by atoms with Crippen molar-refractivity contribution in [2.75, 3.05) is 0 Å². The standard InChI is InChI=1S/C31H30F6N2O2/c1-19(21-14-23(30(32,33)34)16-24(15-21)31(35,36)37)41-27-13-12-26-25(28(38)40)17-29(27,22-10-6-3-7-11-22)39(26)18-20-8-4-2-5-9-20/h2-11,14-16,19,25-27H,12-13,17-18H2,1H3,(H2,38,40). The van der Waals surface area contributed by atoms with E-state index < -0.39 is 53.1 Å². The molecule has 3 aromatic carbocycles. The van der Waals surface area contributed by atoms with Crippen LogP contribution < -0.4 is 5.73 Å². The quantitative estimate of drug-likeness (QED) is 0.302. The summed E-state index contributed by atoms with van der Waals surface area (Å²) in [6.07, 6.45) is -10.4. The van der Waals surface area contributed by atoms with Crippen LogP contribution in [-0.4, -0.2) is 23.0 Å². The van der Waals surface area contributed by atoms with Crippen molar-refractivity contribution >= 4 is 5.91 Å². The summed E-state index contributed by atoms with van der Waals surface area (Å²) < 4.78 is 88.0. The third kappa shape index (κ3) is 5.59. The third-order valence-corrected chi connectivity index (χ3v) is 8.45. The molecule has 3 aromatic rings. The number of nitrogens with two attached hydrogens (primary N) is 1. The fourth-order valence-electron chi connectivity index (χ4n) is 6.58. The average molecular weight is 577 g/mol. The summed E-state index contributed by atoms with van der Waals surface area (Å²) in [5, 5.41) is 0. The topological polar surface area (TPSA) is 55.6 Å². The second kappa shape index (κ2) is 10.8. The molecule has 0 radical (unpaired) electrons. The first-order chi connectivity index (χ1) is 19.3. The summed E-state index contributed by atoms with van der Waals surface area (Å²) in [7, 11) is 0. The molecule has 2 N–H and O–H groups in total. The molecule has 2 aliphatic rings. The van der Waals surface area contributed by atoms with E-state index in [4.69, 9.17) is 10.5 Å². The molecule has 10 heteroatoms. The lowest BCUT2D eigenvalue weighted by atomic mass is 9.78. The molecule has 2 aliphatic heterocycles. The number of amides is 1. The van der Waals surface area contributed by atoms with Crippen molar-refractivity contribution in [3.05, 3.63) is 107 Å². The SMILES string of the molecule is CC(OC1CCC2C(C(N)=O)CC1(c1ccccc1)N2Cc1ccccc1)c1cc(C(F)(F)F)cc(C(F)(F)F)c1. The average Bonchev–Trinajstić information content (AvgIpc) is 3.15. The van der Waals surface area contributed by atoms with E-state index in [-0.39, 0.29) is 17.7 Å². The summed E-state index contributed by atoms with van der Waals surface area (Å²) in [4.78, 5) is 14.9. The molecule has 5 rings (SSSR count). The predicted molar refractivity (Wildman–Crippen MR) is 140 cm³/mol. The number of carbonyl (C=O) groups excluding carboxylic acids is 1. The van der Waals surface area contributed by atoms with E-state index in [0.717, 1.165) is 11.1 Å². The van der Waals surface area contributed by atoms with Gasteiger partial charge in [0.05, 0.1) is 34.8 Å². The van der Waals surface area contributed by atoms with Crippen molar-refractivity contribution in [3.8, 4) is 0 Å². The Kier molecular flexibility index (Phi) is 7.67. The molecule has 218 valence electrons. The van der Waals surface area contributed by atoms with Crippen molar-refractivity contribution in [2.24, 2.45) is 11.7 Å². The molecule has 5 atom stereocenters. The first kappa shape index (κ1) is 29.1. The molecule has 1 amide bonds. The van der Waals surface area contributed by atoms with Gasteiger partial charge in [-0.15, -0.1) is 0 Å². The first-order valence-corrected chi connectivity index (χ1v) is 13.4. The highest BCUT2D eigenvalue weighted by molar-refractivity contribution is 5.78. The van der Waals surface area contributed by atoms with Gasteiger partial charge in [0, 0.05) is 12.6 Å². The first-order valence-electron chi connectivity index (χ1n) is 13.4. The van der Waals surface area contributed by atoms with Gasteiger partial charge >= 0.3 is 12.4 Å². The maximum atomic E-state index is 13.6. The molecule has 2 fully saturated rings. The van der Waals surface area contributed by atoms with E-state index in [0.29, 0.717) is 37.9 Å². The molecule has 0 aliphatic carbocycles. The van der Waals surface area contributed by atoms with E-state index in [1.54, 1.807) is 0 Å². The van der Waals surface area contributed by atoms with Crippen molar-refractivity contribution in [2.45, 2.75) is 68.9 Å². The molecule has 2 saturated heterocycles. The van der Waals surface area contributed by atoms with E-state index in [1.165, 1.54) is 6.92 Å². The largest absolute Gasteiger partial charge is 0.416 e. The lowest BCUT2D eigenvalue weighted by Gasteiger charge is -2.50. The number of nitrogens with zero attached hydrogens (tertiary/aromatic N) is 1. The zero-order valence-corrected chi connectivity index (χ0v) is 22.3. The molecular weight excluding hydrogens is 546 g/mol. The van der Waals surface area contributed by atoms with Gasteiger partial charge in [-0.05, 0) is 61.1 Å². The smallest absolute Gasteiger partial charge is 0.369 e. The van der Waals surface area contributed by atoms with Crippen LogP contribution >= 0.6 is 0 Å². The molecule has 4 nitrogen and oxygen atoms in total.